The van der Waals surface area contributed by atoms with Gasteiger partial charge in [-0.1, -0.05) is 13.8 Å². The van der Waals surface area contributed by atoms with Crippen molar-refractivity contribution in [3.05, 3.63) is 0 Å². The van der Waals surface area contributed by atoms with Crippen LogP contribution in [-0.4, -0.2) is 53.8 Å². The SMILES string of the molecule is COC1CC(NC(=O)N2CCCCC2CC(=O)O)C1(C)C. The van der Waals surface area contributed by atoms with Gasteiger partial charge in [-0.2, -0.15) is 0 Å². The second-order valence-corrected chi connectivity index (χ2v) is 6.72. The highest BCUT2D eigenvalue weighted by Crippen LogP contribution is 2.42. The molecule has 2 amide bonds. The number of urea groups is 1. The van der Waals surface area contributed by atoms with E-state index >= 15 is 0 Å². The van der Waals surface area contributed by atoms with Crippen molar-refractivity contribution >= 4 is 12.0 Å². The number of nitrogens with zero attached hydrogens (tertiary/aromatic N) is 1. The Bertz CT molecular complexity index is 410. The number of nitrogens with one attached hydrogen (secondary N) is 1. The lowest BCUT2D eigenvalue weighted by atomic mass is 9.64. The summed E-state index contributed by atoms with van der Waals surface area (Å²) in [5.41, 5.74) is -0.0809. The van der Waals surface area contributed by atoms with Crippen molar-refractivity contribution in [1.29, 1.82) is 0 Å². The van der Waals surface area contributed by atoms with E-state index in [0.717, 1.165) is 25.7 Å². The Morgan fingerprint density at radius 2 is 2.10 bits per heavy atom. The summed E-state index contributed by atoms with van der Waals surface area (Å²) < 4.78 is 5.39. The number of methoxy groups -OCH3 is 1. The fourth-order valence-electron chi connectivity index (χ4n) is 3.44. The molecule has 0 aromatic heterocycles. The number of carbonyl (C=O) groups is 2. The first kappa shape index (κ1) is 16.1. The van der Waals surface area contributed by atoms with Crippen LogP contribution in [0.5, 0.6) is 0 Å². The largest absolute Gasteiger partial charge is 0.481 e. The standard InChI is InChI=1S/C15H26N2O4/c1-15(2)11(9-12(15)21-3)16-14(20)17-7-5-4-6-10(17)8-13(18)19/h10-12H,4-9H2,1-3H3,(H,16,20)(H,18,19). The van der Waals surface area contributed by atoms with E-state index in [2.05, 4.69) is 19.2 Å². The first-order valence-electron chi connectivity index (χ1n) is 7.68. The third-order valence-electron chi connectivity index (χ3n) is 5.06. The number of carboxylic acids is 1. The van der Waals surface area contributed by atoms with Crippen molar-refractivity contribution in [1.82, 2.24) is 10.2 Å². The molecule has 0 bridgehead atoms. The minimum atomic E-state index is -0.844. The summed E-state index contributed by atoms with van der Waals surface area (Å²) in [6.07, 6.45) is 3.71. The Balaban J connectivity index is 1.94. The van der Waals surface area contributed by atoms with Gasteiger partial charge in [-0.3, -0.25) is 4.79 Å². The molecule has 2 aliphatic rings. The fourth-order valence-corrected chi connectivity index (χ4v) is 3.44. The van der Waals surface area contributed by atoms with Crippen molar-refractivity contribution in [3.8, 4) is 0 Å². The second-order valence-electron chi connectivity index (χ2n) is 6.72. The third-order valence-corrected chi connectivity index (χ3v) is 5.06. The number of aliphatic carboxylic acids is 1. The summed E-state index contributed by atoms with van der Waals surface area (Å²) in [6.45, 7) is 4.81. The van der Waals surface area contributed by atoms with Crippen LogP contribution < -0.4 is 5.32 Å². The summed E-state index contributed by atoms with van der Waals surface area (Å²) in [7, 11) is 1.69. The smallest absolute Gasteiger partial charge is 0.317 e. The lowest BCUT2D eigenvalue weighted by Gasteiger charge is -2.51. The number of hydrogen-bond acceptors (Lipinski definition) is 3. The van der Waals surface area contributed by atoms with Gasteiger partial charge in [-0.15, -0.1) is 0 Å². The van der Waals surface area contributed by atoms with Gasteiger partial charge < -0.3 is 20.1 Å². The predicted octanol–water partition coefficient (Wildman–Crippen LogP) is 1.84. The van der Waals surface area contributed by atoms with E-state index < -0.39 is 5.97 Å². The highest BCUT2D eigenvalue weighted by atomic mass is 16.5. The molecule has 120 valence electrons. The van der Waals surface area contributed by atoms with Gasteiger partial charge >= 0.3 is 12.0 Å². The third kappa shape index (κ3) is 3.31. The van der Waals surface area contributed by atoms with Gasteiger partial charge in [0, 0.05) is 31.2 Å². The molecule has 0 aromatic carbocycles. The zero-order chi connectivity index (χ0) is 15.6. The topological polar surface area (TPSA) is 78.9 Å². The molecule has 2 fully saturated rings. The molecule has 3 unspecified atom stereocenters. The van der Waals surface area contributed by atoms with Crippen molar-refractivity contribution in [2.75, 3.05) is 13.7 Å². The summed E-state index contributed by atoms with van der Waals surface area (Å²) >= 11 is 0. The zero-order valence-electron chi connectivity index (χ0n) is 13.1. The number of amides is 2. The van der Waals surface area contributed by atoms with Crippen LogP contribution in [0.4, 0.5) is 4.79 Å². The monoisotopic (exact) mass is 298 g/mol. The van der Waals surface area contributed by atoms with Gasteiger partial charge in [0.15, 0.2) is 0 Å². The van der Waals surface area contributed by atoms with Crippen LogP contribution in [0, 0.1) is 5.41 Å². The number of carbonyl (C=O) groups excluding carboxylic acids is 1. The predicted molar refractivity (Wildman–Crippen MR) is 78.1 cm³/mol. The molecule has 0 aromatic rings. The maximum Gasteiger partial charge on any atom is 0.317 e. The number of ether oxygens (including phenoxy) is 1. The normalized spacial score (nSPS) is 31.4. The second kappa shape index (κ2) is 6.22. The number of piperidine rings is 1. The van der Waals surface area contributed by atoms with Crippen molar-refractivity contribution in [2.24, 2.45) is 5.41 Å². The molecule has 6 nitrogen and oxygen atoms in total. The van der Waals surface area contributed by atoms with Gasteiger partial charge in [0.05, 0.1) is 12.5 Å². The molecule has 21 heavy (non-hydrogen) atoms. The van der Waals surface area contributed by atoms with Crippen LogP contribution in [0.2, 0.25) is 0 Å². The number of hydrogen-bond donors (Lipinski definition) is 2. The highest BCUT2D eigenvalue weighted by molar-refractivity contribution is 5.76. The minimum Gasteiger partial charge on any atom is -0.481 e. The molecule has 1 saturated heterocycles. The maximum atomic E-state index is 12.5. The molecule has 2 N–H and O–H groups in total. The Kier molecular flexibility index (Phi) is 4.76. The number of likely N-dealkylation sites (tertiary alicyclic amines) is 1. The molecule has 2 rings (SSSR count). The molecule has 1 aliphatic carbocycles. The van der Waals surface area contributed by atoms with Crippen LogP contribution in [0.25, 0.3) is 0 Å². The van der Waals surface area contributed by atoms with Crippen LogP contribution in [0.1, 0.15) is 46.0 Å². The summed E-state index contributed by atoms with van der Waals surface area (Å²) in [6, 6.07) is -0.228. The minimum absolute atomic E-state index is 0.0299. The van der Waals surface area contributed by atoms with E-state index in [1.54, 1.807) is 12.0 Å². The van der Waals surface area contributed by atoms with E-state index in [4.69, 9.17) is 9.84 Å². The van der Waals surface area contributed by atoms with E-state index in [-0.39, 0.29) is 36.1 Å². The van der Waals surface area contributed by atoms with Gasteiger partial charge in [0.1, 0.15) is 0 Å². The van der Waals surface area contributed by atoms with Gasteiger partial charge in [0.25, 0.3) is 0 Å². The molecule has 1 saturated carbocycles. The Morgan fingerprint density at radius 3 is 2.67 bits per heavy atom. The van der Waals surface area contributed by atoms with Crippen LogP contribution >= 0.6 is 0 Å². The van der Waals surface area contributed by atoms with E-state index in [9.17, 15) is 9.59 Å². The van der Waals surface area contributed by atoms with Crippen LogP contribution in [0.15, 0.2) is 0 Å². The van der Waals surface area contributed by atoms with Crippen LogP contribution in [-0.2, 0) is 9.53 Å². The highest BCUT2D eigenvalue weighted by Gasteiger charge is 2.49. The molecular formula is C15H26N2O4. The quantitative estimate of drug-likeness (QED) is 0.830. The number of rotatable bonds is 4. The average molecular weight is 298 g/mol. The summed E-state index contributed by atoms with van der Waals surface area (Å²) in [4.78, 5) is 25.1. The molecule has 3 atom stereocenters. The van der Waals surface area contributed by atoms with Gasteiger partial charge in [-0.05, 0) is 25.7 Å². The van der Waals surface area contributed by atoms with Crippen molar-refractivity contribution in [3.63, 3.8) is 0 Å². The Hall–Kier alpha value is -1.30. The lowest BCUT2D eigenvalue weighted by Crippen LogP contribution is -2.64. The fraction of sp³-hybridized carbons (Fsp3) is 0.867. The maximum absolute atomic E-state index is 12.5. The first-order chi connectivity index (χ1) is 9.86. The molecule has 1 heterocycles. The average Bonchev–Trinajstić information content (AvgIpc) is 2.42. The van der Waals surface area contributed by atoms with Crippen molar-refractivity contribution < 1.29 is 19.4 Å². The zero-order valence-corrected chi connectivity index (χ0v) is 13.1. The summed E-state index contributed by atoms with van der Waals surface area (Å²) in [5, 5.41) is 12.0. The number of carboxylic acid groups (broad SMARTS) is 1. The van der Waals surface area contributed by atoms with Gasteiger partial charge in [-0.25, -0.2) is 4.79 Å². The molecular weight excluding hydrogens is 272 g/mol. The molecule has 1 aliphatic heterocycles. The van der Waals surface area contributed by atoms with E-state index in [0.29, 0.717) is 6.54 Å². The lowest BCUT2D eigenvalue weighted by molar-refractivity contribution is -0.138. The first-order valence-corrected chi connectivity index (χ1v) is 7.68. The molecule has 0 spiro atoms. The Morgan fingerprint density at radius 1 is 1.38 bits per heavy atom. The Labute approximate surface area is 125 Å². The van der Waals surface area contributed by atoms with E-state index in [1.165, 1.54) is 0 Å². The summed E-state index contributed by atoms with van der Waals surface area (Å²) in [5.74, 6) is -0.844. The van der Waals surface area contributed by atoms with E-state index in [1.807, 2.05) is 0 Å². The van der Waals surface area contributed by atoms with Gasteiger partial charge in [0.2, 0.25) is 0 Å². The van der Waals surface area contributed by atoms with Crippen LogP contribution in [0.3, 0.4) is 0 Å². The van der Waals surface area contributed by atoms with Crippen molar-refractivity contribution in [2.45, 2.75) is 64.1 Å². The molecule has 0 radical (unpaired) electrons. The molecule has 6 heteroatoms.